The summed E-state index contributed by atoms with van der Waals surface area (Å²) in [5.74, 6) is 0. The molecule has 7 heteroatoms. The van der Waals surface area contributed by atoms with Gasteiger partial charge in [-0.25, -0.2) is 14.8 Å². The van der Waals surface area contributed by atoms with Crippen molar-refractivity contribution in [2.24, 2.45) is 0 Å². The molecule has 0 aliphatic heterocycles. The summed E-state index contributed by atoms with van der Waals surface area (Å²) in [7, 11) is 0. The van der Waals surface area contributed by atoms with Crippen molar-refractivity contribution < 1.29 is 4.42 Å². The molecule has 0 radical (unpaired) electrons. The van der Waals surface area contributed by atoms with Crippen LogP contribution in [0.4, 0.5) is 0 Å². The number of aromatic nitrogens is 4. The van der Waals surface area contributed by atoms with Gasteiger partial charge in [0.15, 0.2) is 0 Å². The lowest BCUT2D eigenvalue weighted by Gasteiger charge is -1.85. The number of H-pyrrole nitrogens is 2. The summed E-state index contributed by atoms with van der Waals surface area (Å²) in [6, 6.07) is 0. The number of nitrogens with zero attached hydrogens (tertiary/aromatic N) is 2. The van der Waals surface area contributed by atoms with Crippen LogP contribution in [0.15, 0.2) is 26.5 Å². The van der Waals surface area contributed by atoms with E-state index in [0.717, 1.165) is 0 Å². The van der Waals surface area contributed by atoms with E-state index >= 15 is 0 Å². The SMILES string of the molecule is O=c1[nH]c(=O)c2oc3ncncc3c2[nH]1. The first-order chi connectivity index (χ1) is 7.25. The minimum absolute atomic E-state index is 0.0464. The second-order valence-corrected chi connectivity index (χ2v) is 2.96. The predicted molar refractivity (Wildman–Crippen MR) is 50.6 cm³/mol. The molecule has 0 spiro atoms. The Labute approximate surface area is 80.8 Å². The molecule has 0 saturated heterocycles. The number of hydrogen-bond acceptors (Lipinski definition) is 5. The van der Waals surface area contributed by atoms with Crippen molar-refractivity contribution in [3.05, 3.63) is 33.4 Å². The van der Waals surface area contributed by atoms with E-state index in [2.05, 4.69) is 19.9 Å². The normalized spacial score (nSPS) is 11.2. The van der Waals surface area contributed by atoms with E-state index in [0.29, 0.717) is 10.9 Å². The Morgan fingerprint density at radius 2 is 2.13 bits per heavy atom. The molecule has 7 nitrogen and oxygen atoms in total. The first kappa shape index (κ1) is 7.92. The van der Waals surface area contributed by atoms with Crippen LogP contribution >= 0.6 is 0 Å². The van der Waals surface area contributed by atoms with Crippen LogP contribution in [-0.2, 0) is 0 Å². The van der Waals surface area contributed by atoms with Gasteiger partial charge in [0.25, 0.3) is 5.56 Å². The third-order valence-electron chi connectivity index (χ3n) is 2.04. The molecule has 15 heavy (non-hydrogen) atoms. The third kappa shape index (κ3) is 0.997. The van der Waals surface area contributed by atoms with Crippen LogP contribution in [0.3, 0.4) is 0 Å². The molecule has 3 rings (SSSR count). The first-order valence-electron chi connectivity index (χ1n) is 4.10. The molecule has 0 fully saturated rings. The molecule has 0 atom stereocenters. The van der Waals surface area contributed by atoms with Gasteiger partial charge in [-0.1, -0.05) is 0 Å². The highest BCUT2D eigenvalue weighted by Crippen LogP contribution is 2.20. The lowest BCUT2D eigenvalue weighted by molar-refractivity contribution is 0.645. The van der Waals surface area contributed by atoms with Crippen LogP contribution < -0.4 is 11.2 Å². The van der Waals surface area contributed by atoms with Crippen molar-refractivity contribution in [1.29, 1.82) is 0 Å². The smallest absolute Gasteiger partial charge is 0.326 e. The van der Waals surface area contributed by atoms with E-state index in [-0.39, 0.29) is 11.3 Å². The van der Waals surface area contributed by atoms with Gasteiger partial charge in [-0.3, -0.25) is 9.78 Å². The quantitative estimate of drug-likeness (QED) is 0.525. The molecule has 0 aromatic carbocycles. The molecule has 0 bridgehead atoms. The summed E-state index contributed by atoms with van der Waals surface area (Å²) >= 11 is 0. The molecular formula is C8H4N4O3. The molecule has 0 unspecified atom stereocenters. The lowest BCUT2D eigenvalue weighted by atomic mass is 10.3. The zero-order valence-electron chi connectivity index (χ0n) is 7.27. The van der Waals surface area contributed by atoms with E-state index in [9.17, 15) is 9.59 Å². The summed E-state index contributed by atoms with van der Waals surface area (Å²) in [5, 5.41) is 0.510. The summed E-state index contributed by atoms with van der Waals surface area (Å²) in [6.45, 7) is 0. The van der Waals surface area contributed by atoms with Gasteiger partial charge >= 0.3 is 5.69 Å². The van der Waals surface area contributed by atoms with E-state index < -0.39 is 11.2 Å². The van der Waals surface area contributed by atoms with Crippen LogP contribution in [0.25, 0.3) is 22.2 Å². The second-order valence-electron chi connectivity index (χ2n) is 2.96. The van der Waals surface area contributed by atoms with Crippen LogP contribution in [0.5, 0.6) is 0 Å². The molecular weight excluding hydrogens is 200 g/mol. The number of hydrogen-bond donors (Lipinski definition) is 2. The van der Waals surface area contributed by atoms with Crippen molar-refractivity contribution in [1.82, 2.24) is 19.9 Å². The number of fused-ring (bicyclic) bond motifs is 3. The Kier molecular flexibility index (Phi) is 1.34. The van der Waals surface area contributed by atoms with Crippen molar-refractivity contribution >= 4 is 22.2 Å². The number of rotatable bonds is 0. The maximum absolute atomic E-state index is 11.4. The Morgan fingerprint density at radius 1 is 1.27 bits per heavy atom. The molecule has 74 valence electrons. The first-order valence-corrected chi connectivity index (χ1v) is 4.10. The van der Waals surface area contributed by atoms with E-state index in [1.54, 1.807) is 0 Å². The van der Waals surface area contributed by atoms with E-state index in [4.69, 9.17) is 4.42 Å². The standard InChI is InChI=1S/C8H4N4O3/c13-6-5-4(11-8(14)12-6)3-1-9-2-10-7(3)15-5/h1-2H,(H2,11,12,13,14). The van der Waals surface area contributed by atoms with Crippen molar-refractivity contribution in [2.75, 3.05) is 0 Å². The second kappa shape index (κ2) is 2.53. The van der Waals surface area contributed by atoms with Gasteiger partial charge in [0.1, 0.15) is 11.8 Å². The number of furan rings is 1. The molecule has 0 aliphatic rings. The Bertz CT molecular complexity index is 766. The zero-order valence-corrected chi connectivity index (χ0v) is 7.27. The van der Waals surface area contributed by atoms with Gasteiger partial charge in [-0.05, 0) is 0 Å². The molecule has 3 aromatic heterocycles. The van der Waals surface area contributed by atoms with Crippen molar-refractivity contribution in [3.63, 3.8) is 0 Å². The average molecular weight is 204 g/mol. The lowest BCUT2D eigenvalue weighted by Crippen LogP contribution is -2.20. The Hall–Kier alpha value is -2.44. The number of nitrogens with one attached hydrogen (secondary N) is 2. The minimum Gasteiger partial charge on any atom is -0.430 e. The maximum Gasteiger partial charge on any atom is 0.326 e. The monoisotopic (exact) mass is 204 g/mol. The van der Waals surface area contributed by atoms with Gasteiger partial charge in [0.05, 0.1) is 5.39 Å². The minimum atomic E-state index is -0.584. The fraction of sp³-hybridized carbons (Fsp3) is 0. The maximum atomic E-state index is 11.4. The van der Waals surface area contributed by atoms with Crippen LogP contribution in [0.1, 0.15) is 0 Å². The van der Waals surface area contributed by atoms with Crippen LogP contribution in [0, 0.1) is 0 Å². The molecule has 3 heterocycles. The van der Waals surface area contributed by atoms with Gasteiger partial charge < -0.3 is 9.40 Å². The predicted octanol–water partition coefficient (Wildman–Crippen LogP) is -0.247. The summed E-state index contributed by atoms with van der Waals surface area (Å²) < 4.78 is 5.17. The van der Waals surface area contributed by atoms with E-state index in [1.165, 1.54) is 12.5 Å². The summed E-state index contributed by atoms with van der Waals surface area (Å²) in [4.78, 5) is 34.6. The fourth-order valence-corrected chi connectivity index (χ4v) is 1.43. The fourth-order valence-electron chi connectivity index (χ4n) is 1.43. The van der Waals surface area contributed by atoms with Gasteiger partial charge in [0, 0.05) is 6.20 Å². The Balaban J connectivity index is 2.73. The molecule has 0 aliphatic carbocycles. The van der Waals surface area contributed by atoms with Gasteiger partial charge in [0.2, 0.25) is 11.3 Å². The Morgan fingerprint density at radius 3 is 3.00 bits per heavy atom. The summed E-state index contributed by atoms with van der Waals surface area (Å²) in [5.41, 5.74) is -0.525. The largest absolute Gasteiger partial charge is 0.430 e. The van der Waals surface area contributed by atoms with Crippen LogP contribution in [-0.4, -0.2) is 19.9 Å². The van der Waals surface area contributed by atoms with Gasteiger partial charge in [-0.2, -0.15) is 0 Å². The highest BCUT2D eigenvalue weighted by Gasteiger charge is 2.11. The van der Waals surface area contributed by atoms with Gasteiger partial charge in [-0.15, -0.1) is 0 Å². The van der Waals surface area contributed by atoms with Crippen molar-refractivity contribution in [2.45, 2.75) is 0 Å². The van der Waals surface area contributed by atoms with Crippen LogP contribution in [0.2, 0.25) is 0 Å². The zero-order chi connectivity index (χ0) is 10.4. The molecule has 0 saturated carbocycles. The highest BCUT2D eigenvalue weighted by atomic mass is 16.3. The topological polar surface area (TPSA) is 105 Å². The number of aromatic amines is 2. The molecule has 0 amide bonds. The molecule has 3 aromatic rings. The average Bonchev–Trinajstić information content (AvgIpc) is 2.57. The highest BCUT2D eigenvalue weighted by molar-refractivity contribution is 5.99. The summed E-state index contributed by atoms with van der Waals surface area (Å²) in [6.07, 6.45) is 2.78. The third-order valence-corrected chi connectivity index (χ3v) is 2.04. The van der Waals surface area contributed by atoms with Crippen molar-refractivity contribution in [3.8, 4) is 0 Å². The molecule has 2 N–H and O–H groups in total. The van der Waals surface area contributed by atoms with E-state index in [1.807, 2.05) is 0 Å².